The number of nitrogens with one attached hydrogen (secondary N) is 2. The Labute approximate surface area is 225 Å². The Morgan fingerprint density at radius 2 is 1.38 bits per heavy atom. The number of para-hydroxylation sites is 1. The Kier molecular flexibility index (Phi) is 8.32. The number of nitrogens with zero attached hydrogens (tertiary/aromatic N) is 2. The van der Waals surface area contributed by atoms with Gasteiger partial charge in [-0.1, -0.05) is 60.7 Å². The first kappa shape index (κ1) is 27.0. The number of carbonyl (C=O) groups is 2. The highest BCUT2D eigenvalue weighted by atomic mass is 32.2. The molecule has 11 heteroatoms. The Morgan fingerprint density at radius 3 is 2.03 bits per heavy atom. The average molecular weight is 545 g/mol. The van der Waals surface area contributed by atoms with Crippen molar-refractivity contribution in [3.8, 4) is 0 Å². The standard InChI is InChI=1S/C28H24N4O6S/c33-27(30-26-14-8-7-13-25(26)28(34)29-19-21-9-3-1-4-10-21)20-31(22-15-17-23(18-16-22)32(35)36)39(37,38)24-11-5-2-6-12-24/h1-18H,19-20H2,(H,29,34)(H,30,33). The zero-order valence-electron chi connectivity index (χ0n) is 20.6. The molecule has 2 N–H and O–H groups in total. The number of anilines is 2. The Balaban J connectivity index is 1.57. The summed E-state index contributed by atoms with van der Waals surface area (Å²) < 4.78 is 27.8. The zero-order chi connectivity index (χ0) is 27.8. The molecule has 10 nitrogen and oxygen atoms in total. The molecular formula is C28H24N4O6S. The Morgan fingerprint density at radius 1 is 0.795 bits per heavy atom. The molecule has 0 aliphatic rings. The molecule has 0 unspecified atom stereocenters. The number of nitro groups is 1. The van der Waals surface area contributed by atoms with Crippen molar-refractivity contribution in [1.82, 2.24) is 5.32 Å². The first-order valence-electron chi connectivity index (χ1n) is 11.8. The minimum Gasteiger partial charge on any atom is -0.348 e. The van der Waals surface area contributed by atoms with Crippen molar-refractivity contribution in [3.05, 3.63) is 130 Å². The number of rotatable bonds is 10. The largest absolute Gasteiger partial charge is 0.348 e. The summed E-state index contributed by atoms with van der Waals surface area (Å²) in [6.45, 7) is -0.361. The first-order valence-corrected chi connectivity index (χ1v) is 13.2. The number of hydrogen-bond donors (Lipinski definition) is 2. The van der Waals surface area contributed by atoms with Crippen LogP contribution >= 0.6 is 0 Å². The molecule has 4 aromatic rings. The number of non-ortho nitro benzene ring substituents is 1. The lowest BCUT2D eigenvalue weighted by molar-refractivity contribution is -0.384. The number of amides is 2. The fraction of sp³-hybridized carbons (Fsp3) is 0.0714. The van der Waals surface area contributed by atoms with Crippen LogP contribution in [0.25, 0.3) is 0 Å². The third-order valence-corrected chi connectivity index (χ3v) is 7.50. The van der Waals surface area contributed by atoms with E-state index in [9.17, 15) is 28.1 Å². The molecule has 0 saturated carbocycles. The van der Waals surface area contributed by atoms with E-state index in [0.29, 0.717) is 0 Å². The van der Waals surface area contributed by atoms with Gasteiger partial charge < -0.3 is 10.6 Å². The molecule has 4 aromatic carbocycles. The highest BCUT2D eigenvalue weighted by Gasteiger charge is 2.28. The van der Waals surface area contributed by atoms with Gasteiger partial charge in [0.1, 0.15) is 6.54 Å². The number of sulfonamides is 1. The summed E-state index contributed by atoms with van der Waals surface area (Å²) >= 11 is 0. The van der Waals surface area contributed by atoms with Gasteiger partial charge in [-0.25, -0.2) is 8.42 Å². The van der Waals surface area contributed by atoms with Gasteiger partial charge in [0.15, 0.2) is 0 Å². The molecule has 0 bridgehead atoms. The third kappa shape index (κ3) is 6.65. The second-order valence-corrected chi connectivity index (χ2v) is 10.2. The highest BCUT2D eigenvalue weighted by molar-refractivity contribution is 7.92. The predicted octanol–water partition coefficient (Wildman–Crippen LogP) is 4.36. The number of nitro benzene ring substituents is 1. The Hall–Kier alpha value is -5.03. The van der Waals surface area contributed by atoms with Crippen molar-refractivity contribution >= 4 is 38.9 Å². The van der Waals surface area contributed by atoms with Crippen LogP contribution in [0.4, 0.5) is 17.1 Å². The van der Waals surface area contributed by atoms with E-state index in [1.54, 1.807) is 36.4 Å². The van der Waals surface area contributed by atoms with Gasteiger partial charge in [0.2, 0.25) is 5.91 Å². The number of benzene rings is 4. The maximum atomic E-state index is 13.5. The number of carbonyl (C=O) groups excluding carboxylic acids is 2. The summed E-state index contributed by atoms with van der Waals surface area (Å²) in [4.78, 5) is 36.4. The number of hydrogen-bond acceptors (Lipinski definition) is 6. The molecule has 0 spiro atoms. The summed E-state index contributed by atoms with van der Waals surface area (Å²) in [5.41, 5.74) is 1.14. The summed E-state index contributed by atoms with van der Waals surface area (Å²) in [7, 11) is -4.22. The van der Waals surface area contributed by atoms with Crippen molar-refractivity contribution in [1.29, 1.82) is 0 Å². The van der Waals surface area contributed by atoms with E-state index in [-0.39, 0.29) is 34.1 Å². The molecule has 0 heterocycles. The minimum atomic E-state index is -4.22. The van der Waals surface area contributed by atoms with Gasteiger partial charge >= 0.3 is 0 Å². The monoisotopic (exact) mass is 544 g/mol. The first-order chi connectivity index (χ1) is 18.8. The SMILES string of the molecule is O=C(CN(c1ccc([N+](=O)[O-])cc1)S(=O)(=O)c1ccccc1)Nc1ccccc1C(=O)NCc1ccccc1. The average Bonchev–Trinajstić information content (AvgIpc) is 2.96. The molecule has 4 rings (SSSR count). The predicted molar refractivity (Wildman–Crippen MR) is 147 cm³/mol. The topological polar surface area (TPSA) is 139 Å². The highest BCUT2D eigenvalue weighted by Crippen LogP contribution is 2.26. The molecule has 0 saturated heterocycles. The fourth-order valence-corrected chi connectivity index (χ4v) is 5.20. The summed E-state index contributed by atoms with van der Waals surface area (Å²) in [6, 6.07) is 28.1. The van der Waals surface area contributed by atoms with E-state index in [0.717, 1.165) is 22.0 Å². The molecule has 2 amide bonds. The van der Waals surface area contributed by atoms with Gasteiger partial charge in [0, 0.05) is 18.7 Å². The summed E-state index contributed by atoms with van der Waals surface area (Å²) in [5.74, 6) is -1.13. The molecule has 0 aliphatic carbocycles. The quantitative estimate of drug-likeness (QED) is 0.225. The summed E-state index contributed by atoms with van der Waals surface area (Å²) in [5, 5.41) is 16.5. The molecule has 39 heavy (non-hydrogen) atoms. The molecule has 0 aromatic heterocycles. The summed E-state index contributed by atoms with van der Waals surface area (Å²) in [6.07, 6.45) is 0. The van der Waals surface area contributed by atoms with Gasteiger partial charge in [-0.05, 0) is 42.0 Å². The zero-order valence-corrected chi connectivity index (χ0v) is 21.4. The lowest BCUT2D eigenvalue weighted by atomic mass is 10.1. The van der Waals surface area contributed by atoms with Gasteiger partial charge in [-0.15, -0.1) is 0 Å². The normalized spacial score (nSPS) is 10.9. The maximum Gasteiger partial charge on any atom is 0.269 e. The molecule has 0 atom stereocenters. The van der Waals surface area contributed by atoms with E-state index in [1.807, 2.05) is 30.3 Å². The molecule has 0 fully saturated rings. The van der Waals surface area contributed by atoms with Crippen molar-refractivity contribution in [3.63, 3.8) is 0 Å². The van der Waals surface area contributed by atoms with Gasteiger partial charge in [-0.3, -0.25) is 24.0 Å². The smallest absolute Gasteiger partial charge is 0.269 e. The lowest BCUT2D eigenvalue weighted by Crippen LogP contribution is -2.38. The molecular weight excluding hydrogens is 520 g/mol. The van der Waals surface area contributed by atoms with Gasteiger partial charge in [-0.2, -0.15) is 0 Å². The minimum absolute atomic E-state index is 0.0585. The van der Waals surface area contributed by atoms with E-state index in [4.69, 9.17) is 0 Å². The Bertz CT molecular complexity index is 1580. The van der Waals surface area contributed by atoms with Crippen LogP contribution < -0.4 is 14.9 Å². The third-order valence-electron chi connectivity index (χ3n) is 5.71. The van der Waals surface area contributed by atoms with E-state index < -0.39 is 33.3 Å². The van der Waals surface area contributed by atoms with Crippen LogP contribution in [0.5, 0.6) is 0 Å². The van der Waals surface area contributed by atoms with Crippen LogP contribution in [0.2, 0.25) is 0 Å². The van der Waals surface area contributed by atoms with E-state index in [1.165, 1.54) is 30.3 Å². The van der Waals surface area contributed by atoms with Crippen molar-refractivity contribution < 1.29 is 22.9 Å². The van der Waals surface area contributed by atoms with Crippen molar-refractivity contribution in [2.45, 2.75) is 11.4 Å². The fourth-order valence-electron chi connectivity index (χ4n) is 3.76. The van der Waals surface area contributed by atoms with Crippen molar-refractivity contribution in [2.24, 2.45) is 0 Å². The van der Waals surface area contributed by atoms with Crippen molar-refractivity contribution in [2.75, 3.05) is 16.2 Å². The van der Waals surface area contributed by atoms with Crippen LogP contribution in [0, 0.1) is 10.1 Å². The second-order valence-electron chi connectivity index (χ2n) is 8.36. The lowest BCUT2D eigenvalue weighted by Gasteiger charge is -2.24. The maximum absolute atomic E-state index is 13.5. The van der Waals surface area contributed by atoms with E-state index in [2.05, 4.69) is 10.6 Å². The molecule has 0 radical (unpaired) electrons. The van der Waals surface area contributed by atoms with E-state index >= 15 is 0 Å². The van der Waals surface area contributed by atoms with Gasteiger partial charge in [0.05, 0.1) is 26.8 Å². The van der Waals surface area contributed by atoms with Crippen LogP contribution in [-0.4, -0.2) is 31.7 Å². The van der Waals surface area contributed by atoms with Gasteiger partial charge in [0.25, 0.3) is 21.6 Å². The van der Waals surface area contributed by atoms with Crippen LogP contribution in [0.1, 0.15) is 15.9 Å². The van der Waals surface area contributed by atoms with Crippen LogP contribution in [0.15, 0.2) is 114 Å². The van der Waals surface area contributed by atoms with Crippen LogP contribution in [0.3, 0.4) is 0 Å². The van der Waals surface area contributed by atoms with Crippen LogP contribution in [-0.2, 0) is 21.4 Å². The molecule has 198 valence electrons. The molecule has 0 aliphatic heterocycles. The second kappa shape index (κ2) is 12.0.